The minimum absolute atomic E-state index is 0.236. The first kappa shape index (κ1) is 13.5. The number of likely N-dealkylation sites (N-methyl/N-ethyl adjacent to an activating group) is 1. The molecule has 1 saturated heterocycles. The molecule has 0 aromatic rings. The zero-order chi connectivity index (χ0) is 12.3. The minimum Gasteiger partial charge on any atom is -0.339 e. The molecule has 2 unspecified atom stereocenters. The van der Waals surface area contributed by atoms with Crippen molar-refractivity contribution in [1.82, 2.24) is 9.80 Å². The van der Waals surface area contributed by atoms with E-state index in [9.17, 15) is 4.79 Å². The van der Waals surface area contributed by atoms with Gasteiger partial charge in [0.25, 0.3) is 0 Å². The molecule has 2 N–H and O–H groups in total. The van der Waals surface area contributed by atoms with Gasteiger partial charge >= 0.3 is 0 Å². The number of hydrogen-bond donors (Lipinski definition) is 1. The SMILES string of the molecule is CC(C)N(C)CC(=O)N1CC(CN)CC1C. The van der Waals surface area contributed by atoms with Crippen LogP contribution in [0.25, 0.3) is 0 Å². The summed E-state index contributed by atoms with van der Waals surface area (Å²) in [6.45, 7) is 8.35. The number of rotatable bonds is 4. The number of nitrogens with zero attached hydrogens (tertiary/aromatic N) is 2. The van der Waals surface area contributed by atoms with Crippen LogP contribution >= 0.6 is 0 Å². The monoisotopic (exact) mass is 227 g/mol. The quantitative estimate of drug-likeness (QED) is 0.762. The molecule has 1 aliphatic rings. The fourth-order valence-electron chi connectivity index (χ4n) is 2.15. The number of amides is 1. The van der Waals surface area contributed by atoms with Crippen molar-refractivity contribution >= 4 is 5.91 Å². The first-order valence-electron chi connectivity index (χ1n) is 6.15. The van der Waals surface area contributed by atoms with Crippen LogP contribution in [0.3, 0.4) is 0 Å². The minimum atomic E-state index is 0.236. The third-order valence-electron chi connectivity index (χ3n) is 3.58. The number of hydrogen-bond acceptors (Lipinski definition) is 3. The molecule has 0 aliphatic carbocycles. The Morgan fingerprint density at radius 1 is 1.56 bits per heavy atom. The Balaban J connectivity index is 2.48. The molecule has 0 aromatic heterocycles. The summed E-state index contributed by atoms with van der Waals surface area (Å²) < 4.78 is 0. The van der Waals surface area contributed by atoms with E-state index in [0.717, 1.165) is 13.0 Å². The van der Waals surface area contributed by atoms with Crippen LogP contribution in [-0.2, 0) is 4.79 Å². The van der Waals surface area contributed by atoms with Crippen LogP contribution in [-0.4, -0.2) is 54.5 Å². The van der Waals surface area contributed by atoms with Gasteiger partial charge in [0.2, 0.25) is 5.91 Å². The third-order valence-corrected chi connectivity index (χ3v) is 3.58. The predicted octanol–water partition coefficient (Wildman–Crippen LogP) is 0.522. The normalized spacial score (nSPS) is 25.8. The van der Waals surface area contributed by atoms with Crippen molar-refractivity contribution in [2.45, 2.75) is 39.3 Å². The maximum absolute atomic E-state index is 12.1. The van der Waals surface area contributed by atoms with Gasteiger partial charge < -0.3 is 10.6 Å². The standard InChI is InChI=1S/C12H25N3O/c1-9(2)14(4)8-12(16)15-7-11(6-13)5-10(15)3/h9-11H,5-8,13H2,1-4H3. The van der Waals surface area contributed by atoms with Crippen molar-refractivity contribution in [3.63, 3.8) is 0 Å². The van der Waals surface area contributed by atoms with E-state index < -0.39 is 0 Å². The van der Waals surface area contributed by atoms with Crippen LogP contribution in [0, 0.1) is 5.92 Å². The molecule has 1 rings (SSSR count). The summed E-state index contributed by atoms with van der Waals surface area (Å²) in [6, 6.07) is 0.758. The molecular formula is C12H25N3O. The van der Waals surface area contributed by atoms with E-state index in [1.165, 1.54) is 0 Å². The Morgan fingerprint density at radius 2 is 2.19 bits per heavy atom. The van der Waals surface area contributed by atoms with Gasteiger partial charge in [-0.15, -0.1) is 0 Å². The summed E-state index contributed by atoms with van der Waals surface area (Å²) in [4.78, 5) is 16.1. The predicted molar refractivity (Wildman–Crippen MR) is 66.1 cm³/mol. The molecule has 1 heterocycles. The third kappa shape index (κ3) is 3.19. The van der Waals surface area contributed by atoms with Crippen LogP contribution in [0.2, 0.25) is 0 Å². The van der Waals surface area contributed by atoms with Gasteiger partial charge in [-0.05, 0) is 46.7 Å². The van der Waals surface area contributed by atoms with E-state index in [2.05, 4.69) is 25.7 Å². The summed E-state index contributed by atoms with van der Waals surface area (Å²) in [7, 11) is 1.99. The molecule has 0 bridgehead atoms. The molecule has 0 aromatic carbocycles. The van der Waals surface area contributed by atoms with E-state index in [1.807, 2.05) is 11.9 Å². The Morgan fingerprint density at radius 3 is 2.62 bits per heavy atom. The highest BCUT2D eigenvalue weighted by atomic mass is 16.2. The van der Waals surface area contributed by atoms with Gasteiger partial charge in [-0.2, -0.15) is 0 Å². The second-order valence-corrected chi connectivity index (χ2v) is 5.24. The van der Waals surface area contributed by atoms with Gasteiger partial charge in [-0.1, -0.05) is 0 Å². The van der Waals surface area contributed by atoms with E-state index in [1.54, 1.807) is 0 Å². The Labute approximate surface area is 98.8 Å². The van der Waals surface area contributed by atoms with Crippen LogP contribution in [0.1, 0.15) is 27.2 Å². The average Bonchev–Trinajstić information content (AvgIpc) is 2.59. The molecule has 0 radical (unpaired) electrons. The number of nitrogens with two attached hydrogens (primary N) is 1. The molecule has 2 atom stereocenters. The second-order valence-electron chi connectivity index (χ2n) is 5.24. The van der Waals surface area contributed by atoms with Gasteiger partial charge in [0.1, 0.15) is 0 Å². The van der Waals surface area contributed by atoms with Crippen molar-refractivity contribution in [1.29, 1.82) is 0 Å². The maximum atomic E-state index is 12.1. The number of carbonyl (C=O) groups excluding carboxylic acids is 1. The molecule has 1 aliphatic heterocycles. The zero-order valence-corrected chi connectivity index (χ0v) is 10.9. The smallest absolute Gasteiger partial charge is 0.236 e. The van der Waals surface area contributed by atoms with Crippen LogP contribution in [0.4, 0.5) is 0 Å². The van der Waals surface area contributed by atoms with Crippen molar-refractivity contribution in [2.24, 2.45) is 11.7 Å². The molecular weight excluding hydrogens is 202 g/mol. The van der Waals surface area contributed by atoms with Crippen LogP contribution in [0.15, 0.2) is 0 Å². The van der Waals surface area contributed by atoms with Gasteiger partial charge in [-0.3, -0.25) is 9.69 Å². The van der Waals surface area contributed by atoms with Gasteiger partial charge in [0.15, 0.2) is 0 Å². The number of likely N-dealkylation sites (tertiary alicyclic amines) is 1. The highest BCUT2D eigenvalue weighted by molar-refractivity contribution is 5.78. The molecule has 4 heteroatoms. The van der Waals surface area contributed by atoms with Crippen molar-refractivity contribution in [3.05, 3.63) is 0 Å². The summed E-state index contributed by atoms with van der Waals surface area (Å²) in [5.74, 6) is 0.725. The van der Waals surface area contributed by atoms with Crippen LogP contribution in [0.5, 0.6) is 0 Å². The van der Waals surface area contributed by atoms with E-state index in [-0.39, 0.29) is 5.91 Å². The molecule has 1 amide bonds. The van der Waals surface area contributed by atoms with Crippen molar-refractivity contribution in [2.75, 3.05) is 26.7 Å². The number of carbonyl (C=O) groups is 1. The first-order valence-corrected chi connectivity index (χ1v) is 6.15. The molecule has 16 heavy (non-hydrogen) atoms. The molecule has 4 nitrogen and oxygen atoms in total. The molecule has 1 fully saturated rings. The van der Waals surface area contributed by atoms with Crippen molar-refractivity contribution < 1.29 is 4.79 Å². The highest BCUT2D eigenvalue weighted by Gasteiger charge is 2.31. The summed E-state index contributed by atoms with van der Waals surface area (Å²) >= 11 is 0. The molecule has 0 spiro atoms. The summed E-state index contributed by atoms with van der Waals surface area (Å²) in [5.41, 5.74) is 5.66. The van der Waals surface area contributed by atoms with E-state index >= 15 is 0 Å². The Hall–Kier alpha value is -0.610. The van der Waals surface area contributed by atoms with Gasteiger partial charge in [-0.25, -0.2) is 0 Å². The average molecular weight is 227 g/mol. The van der Waals surface area contributed by atoms with E-state index in [0.29, 0.717) is 31.1 Å². The Bertz CT molecular complexity index is 242. The molecule has 0 saturated carbocycles. The lowest BCUT2D eigenvalue weighted by Crippen LogP contribution is -2.42. The highest BCUT2D eigenvalue weighted by Crippen LogP contribution is 2.22. The van der Waals surface area contributed by atoms with Gasteiger partial charge in [0.05, 0.1) is 6.54 Å². The second kappa shape index (κ2) is 5.64. The van der Waals surface area contributed by atoms with Crippen LogP contribution < -0.4 is 5.73 Å². The topological polar surface area (TPSA) is 49.6 Å². The lowest BCUT2D eigenvalue weighted by Gasteiger charge is -2.26. The fourth-order valence-corrected chi connectivity index (χ4v) is 2.15. The first-order chi connectivity index (χ1) is 7.45. The van der Waals surface area contributed by atoms with Crippen molar-refractivity contribution in [3.8, 4) is 0 Å². The Kier molecular flexibility index (Phi) is 4.74. The lowest BCUT2D eigenvalue weighted by molar-refractivity contribution is -0.133. The van der Waals surface area contributed by atoms with E-state index in [4.69, 9.17) is 5.73 Å². The maximum Gasteiger partial charge on any atom is 0.236 e. The van der Waals surface area contributed by atoms with Gasteiger partial charge in [0, 0.05) is 18.6 Å². The fraction of sp³-hybridized carbons (Fsp3) is 0.917. The lowest BCUT2D eigenvalue weighted by atomic mass is 10.1. The zero-order valence-electron chi connectivity index (χ0n) is 10.9. The summed E-state index contributed by atoms with van der Waals surface area (Å²) in [6.07, 6.45) is 1.05. The largest absolute Gasteiger partial charge is 0.339 e. The summed E-state index contributed by atoms with van der Waals surface area (Å²) in [5, 5.41) is 0. The molecule has 94 valence electrons.